The van der Waals surface area contributed by atoms with Gasteiger partial charge < -0.3 is 5.11 Å². The van der Waals surface area contributed by atoms with Crippen LogP contribution < -0.4 is 0 Å². The van der Waals surface area contributed by atoms with Crippen LogP contribution in [-0.2, 0) is 6.42 Å². The molecule has 0 aliphatic heterocycles. The van der Waals surface area contributed by atoms with Crippen molar-refractivity contribution >= 4 is 0 Å². The van der Waals surface area contributed by atoms with Gasteiger partial charge in [-0.1, -0.05) is 17.7 Å². The number of hydrogen-bond donors (Lipinski definition) is 1. The topological polar surface area (TPSA) is 20.2 Å². The third-order valence-electron chi connectivity index (χ3n) is 2.54. The van der Waals surface area contributed by atoms with Crippen LogP contribution in [0.2, 0.25) is 0 Å². The first-order chi connectivity index (χ1) is 6.91. The molecular weight excluding hydrogens is 198 g/mol. The third kappa shape index (κ3) is 2.99. The molecule has 15 heavy (non-hydrogen) atoms. The summed E-state index contributed by atoms with van der Waals surface area (Å²) >= 11 is 0. The molecule has 1 aromatic carbocycles. The summed E-state index contributed by atoms with van der Waals surface area (Å²) in [5.74, 6) is 0. The summed E-state index contributed by atoms with van der Waals surface area (Å²) < 4.78 is 24.4. The van der Waals surface area contributed by atoms with Gasteiger partial charge >= 0.3 is 0 Å². The lowest BCUT2D eigenvalue weighted by Gasteiger charge is -2.14. The molecule has 1 unspecified atom stereocenters. The summed E-state index contributed by atoms with van der Waals surface area (Å²) in [6.45, 7) is 5.73. The summed E-state index contributed by atoms with van der Waals surface area (Å²) in [4.78, 5) is 0. The predicted octanol–water partition coefficient (Wildman–Crippen LogP) is 2.78. The Balaban J connectivity index is 2.95. The first kappa shape index (κ1) is 12.1. The molecule has 0 bridgehead atoms. The molecule has 1 nitrogen and oxygen atoms in total. The molecule has 0 heterocycles. The van der Waals surface area contributed by atoms with E-state index < -0.39 is 12.5 Å². The first-order valence-corrected chi connectivity index (χ1v) is 4.94. The molecule has 1 rings (SSSR count). The van der Waals surface area contributed by atoms with E-state index in [0.717, 1.165) is 22.3 Å². The van der Waals surface area contributed by atoms with Gasteiger partial charge in [-0.2, -0.15) is 0 Å². The zero-order valence-corrected chi connectivity index (χ0v) is 9.22. The van der Waals surface area contributed by atoms with E-state index in [1.165, 1.54) is 0 Å². The third-order valence-corrected chi connectivity index (χ3v) is 2.54. The lowest BCUT2D eigenvalue weighted by molar-refractivity contribution is -0.00379. The van der Waals surface area contributed by atoms with Crippen LogP contribution in [0.25, 0.3) is 0 Å². The minimum Gasteiger partial charge on any atom is -0.387 e. The number of benzene rings is 1. The molecule has 0 saturated heterocycles. The van der Waals surface area contributed by atoms with Crippen LogP contribution in [0, 0.1) is 20.8 Å². The molecule has 0 fully saturated rings. The van der Waals surface area contributed by atoms with Gasteiger partial charge in [0.05, 0.1) is 0 Å². The molecule has 3 heteroatoms. The quantitative estimate of drug-likeness (QED) is 0.820. The van der Waals surface area contributed by atoms with E-state index in [2.05, 4.69) is 0 Å². The minimum atomic E-state index is -2.68. The number of aliphatic hydroxyl groups excluding tert-OH is 1. The van der Waals surface area contributed by atoms with Crippen molar-refractivity contribution in [3.63, 3.8) is 0 Å². The maximum absolute atomic E-state index is 12.2. The van der Waals surface area contributed by atoms with Crippen molar-refractivity contribution in [1.82, 2.24) is 0 Å². The number of alkyl halides is 2. The Morgan fingerprint density at radius 1 is 1.13 bits per heavy atom. The highest BCUT2D eigenvalue weighted by molar-refractivity contribution is 5.37. The zero-order valence-electron chi connectivity index (χ0n) is 9.22. The van der Waals surface area contributed by atoms with Gasteiger partial charge in [0.25, 0.3) is 6.43 Å². The van der Waals surface area contributed by atoms with Gasteiger partial charge in [0.15, 0.2) is 0 Å². The van der Waals surface area contributed by atoms with E-state index in [-0.39, 0.29) is 6.42 Å². The molecule has 0 amide bonds. The minimum absolute atomic E-state index is 0.0234. The van der Waals surface area contributed by atoms with Gasteiger partial charge in [0, 0.05) is 6.42 Å². The Morgan fingerprint density at radius 2 is 1.60 bits per heavy atom. The summed E-state index contributed by atoms with van der Waals surface area (Å²) in [5.41, 5.74) is 3.87. The number of aryl methyl sites for hydroxylation is 3. The second-order valence-corrected chi connectivity index (χ2v) is 3.98. The average Bonchev–Trinajstić information content (AvgIpc) is 2.10. The maximum Gasteiger partial charge on any atom is 0.264 e. The van der Waals surface area contributed by atoms with Crippen LogP contribution >= 0.6 is 0 Å². The Kier molecular flexibility index (Phi) is 3.80. The molecular formula is C12H16F2O. The van der Waals surface area contributed by atoms with E-state index >= 15 is 0 Å². The zero-order chi connectivity index (χ0) is 11.6. The normalized spacial score (nSPS) is 13.3. The molecule has 0 aromatic heterocycles. The van der Waals surface area contributed by atoms with Crippen molar-refractivity contribution in [2.24, 2.45) is 0 Å². The number of hydrogen-bond acceptors (Lipinski definition) is 1. The van der Waals surface area contributed by atoms with Gasteiger partial charge in [-0.05, 0) is 37.5 Å². The van der Waals surface area contributed by atoms with E-state index in [0.29, 0.717) is 0 Å². The van der Waals surface area contributed by atoms with Crippen molar-refractivity contribution in [3.8, 4) is 0 Å². The van der Waals surface area contributed by atoms with Crippen molar-refractivity contribution < 1.29 is 13.9 Å². The second kappa shape index (κ2) is 4.71. The highest BCUT2D eigenvalue weighted by Gasteiger charge is 2.19. The van der Waals surface area contributed by atoms with Crippen LogP contribution in [0.1, 0.15) is 22.3 Å². The van der Waals surface area contributed by atoms with Crippen LogP contribution in [0.3, 0.4) is 0 Å². The molecule has 0 saturated carbocycles. The number of rotatable bonds is 3. The number of halogens is 2. The van der Waals surface area contributed by atoms with Gasteiger partial charge in [-0.15, -0.1) is 0 Å². The summed E-state index contributed by atoms with van der Waals surface area (Å²) in [7, 11) is 0. The van der Waals surface area contributed by atoms with E-state index in [1.54, 1.807) is 0 Å². The van der Waals surface area contributed by atoms with Gasteiger partial charge in [-0.25, -0.2) is 8.78 Å². The molecule has 1 N–H and O–H groups in total. The van der Waals surface area contributed by atoms with Gasteiger partial charge in [0.1, 0.15) is 6.10 Å². The molecule has 0 spiro atoms. The van der Waals surface area contributed by atoms with Crippen molar-refractivity contribution in [3.05, 3.63) is 34.4 Å². The summed E-state index contributed by atoms with van der Waals surface area (Å²) in [6, 6.07) is 3.89. The lowest BCUT2D eigenvalue weighted by atomic mass is 9.95. The lowest BCUT2D eigenvalue weighted by Crippen LogP contribution is -2.21. The standard InChI is InChI=1S/C12H16F2O/c1-7-4-8(2)10(9(3)5-7)6-11(15)12(13)14/h4-5,11-12,15H,6H2,1-3H3. The molecule has 84 valence electrons. The van der Waals surface area contributed by atoms with E-state index in [9.17, 15) is 8.78 Å². The number of aliphatic hydroxyl groups is 1. The highest BCUT2D eigenvalue weighted by atomic mass is 19.3. The van der Waals surface area contributed by atoms with Gasteiger partial charge in [0.2, 0.25) is 0 Å². The molecule has 1 atom stereocenters. The fraction of sp³-hybridized carbons (Fsp3) is 0.500. The van der Waals surface area contributed by atoms with Crippen LogP contribution in [0.4, 0.5) is 8.78 Å². The molecule has 0 radical (unpaired) electrons. The Morgan fingerprint density at radius 3 is 2.00 bits per heavy atom. The largest absolute Gasteiger partial charge is 0.387 e. The molecule has 1 aromatic rings. The smallest absolute Gasteiger partial charge is 0.264 e. The van der Waals surface area contributed by atoms with Crippen molar-refractivity contribution in [2.45, 2.75) is 39.7 Å². The first-order valence-electron chi connectivity index (χ1n) is 4.94. The summed E-state index contributed by atoms with van der Waals surface area (Å²) in [5, 5.41) is 9.15. The van der Waals surface area contributed by atoms with Crippen molar-refractivity contribution in [1.29, 1.82) is 0 Å². The van der Waals surface area contributed by atoms with E-state index in [1.807, 2.05) is 32.9 Å². The predicted molar refractivity (Wildman–Crippen MR) is 56.4 cm³/mol. The summed E-state index contributed by atoms with van der Waals surface area (Å²) in [6.07, 6.45) is -4.22. The Labute approximate surface area is 88.7 Å². The SMILES string of the molecule is Cc1cc(C)c(CC(O)C(F)F)c(C)c1. The van der Waals surface area contributed by atoms with Crippen LogP contribution in [0.15, 0.2) is 12.1 Å². The van der Waals surface area contributed by atoms with Crippen LogP contribution in [0.5, 0.6) is 0 Å². The second-order valence-electron chi connectivity index (χ2n) is 3.98. The maximum atomic E-state index is 12.2. The Bertz CT molecular complexity index is 324. The molecule has 0 aliphatic rings. The van der Waals surface area contributed by atoms with Crippen LogP contribution in [-0.4, -0.2) is 17.6 Å². The fourth-order valence-corrected chi connectivity index (χ4v) is 1.83. The average molecular weight is 214 g/mol. The highest BCUT2D eigenvalue weighted by Crippen LogP contribution is 2.19. The fourth-order valence-electron chi connectivity index (χ4n) is 1.83. The molecule has 0 aliphatic carbocycles. The van der Waals surface area contributed by atoms with Gasteiger partial charge in [-0.3, -0.25) is 0 Å². The van der Waals surface area contributed by atoms with E-state index in [4.69, 9.17) is 5.11 Å². The Hall–Kier alpha value is -0.960. The van der Waals surface area contributed by atoms with Crippen molar-refractivity contribution in [2.75, 3.05) is 0 Å². The monoisotopic (exact) mass is 214 g/mol.